The largest absolute Gasteiger partial charge is 0.497 e. The molecule has 0 aliphatic heterocycles. The molecule has 0 aliphatic rings. The summed E-state index contributed by atoms with van der Waals surface area (Å²) in [6.07, 6.45) is 2.06. The van der Waals surface area contributed by atoms with Crippen LogP contribution in [-0.4, -0.2) is 58.0 Å². The van der Waals surface area contributed by atoms with E-state index in [1.54, 1.807) is 55.6 Å². The summed E-state index contributed by atoms with van der Waals surface area (Å²) in [5.41, 5.74) is 1.04. The number of ether oxygens (including phenoxy) is 2. The Morgan fingerprint density at radius 2 is 1.65 bits per heavy atom. The van der Waals surface area contributed by atoms with Gasteiger partial charge in [0.05, 0.1) is 24.3 Å². The number of unbranched alkanes of at least 4 members (excludes halogenated alkanes) is 1. The smallest absolute Gasteiger partial charge is 0.264 e. The maximum Gasteiger partial charge on any atom is 0.264 e. The van der Waals surface area contributed by atoms with Crippen molar-refractivity contribution < 1.29 is 27.5 Å². The van der Waals surface area contributed by atoms with Gasteiger partial charge in [-0.3, -0.25) is 13.9 Å². The number of sulfonamides is 1. The summed E-state index contributed by atoms with van der Waals surface area (Å²) >= 11 is 3.35. The normalized spacial score (nSPS) is 11.8. The molecule has 2 amide bonds. The van der Waals surface area contributed by atoms with Crippen molar-refractivity contribution in [1.82, 2.24) is 10.2 Å². The predicted octanol–water partition coefficient (Wildman–Crippen LogP) is 5.78. The van der Waals surface area contributed by atoms with Crippen LogP contribution in [0.3, 0.4) is 0 Å². The molecule has 0 heterocycles. The van der Waals surface area contributed by atoms with Gasteiger partial charge in [-0.05, 0) is 86.0 Å². The number of benzene rings is 3. The van der Waals surface area contributed by atoms with Gasteiger partial charge in [0.25, 0.3) is 10.0 Å². The third kappa shape index (κ3) is 9.21. The maximum atomic E-state index is 14.2. The maximum absolute atomic E-state index is 14.2. The lowest BCUT2D eigenvalue weighted by atomic mass is 10.1. The van der Waals surface area contributed by atoms with E-state index in [2.05, 4.69) is 21.2 Å². The zero-order valence-corrected chi connectivity index (χ0v) is 27.5. The second kappa shape index (κ2) is 16.3. The molecule has 0 aromatic heterocycles. The lowest BCUT2D eigenvalue weighted by Crippen LogP contribution is -2.52. The Kier molecular flexibility index (Phi) is 12.9. The quantitative estimate of drug-likeness (QED) is 0.194. The highest BCUT2D eigenvalue weighted by Crippen LogP contribution is 2.28. The lowest BCUT2D eigenvalue weighted by Gasteiger charge is -2.33. The van der Waals surface area contributed by atoms with Crippen molar-refractivity contribution in [1.29, 1.82) is 0 Å². The number of hydrogen-bond donors (Lipinski definition) is 1. The molecule has 0 bridgehead atoms. The Morgan fingerprint density at radius 1 is 0.953 bits per heavy atom. The zero-order chi connectivity index (χ0) is 31.4. The minimum absolute atomic E-state index is 0.0288. The summed E-state index contributed by atoms with van der Waals surface area (Å²) < 4.78 is 40.7. The van der Waals surface area contributed by atoms with Gasteiger partial charge in [-0.2, -0.15) is 0 Å². The average Bonchev–Trinajstić information content (AvgIpc) is 3.00. The van der Waals surface area contributed by atoms with Gasteiger partial charge in [0, 0.05) is 17.6 Å². The van der Waals surface area contributed by atoms with E-state index in [0.29, 0.717) is 36.8 Å². The molecule has 3 aromatic rings. The Bertz CT molecular complexity index is 1450. The zero-order valence-electron chi connectivity index (χ0n) is 25.1. The van der Waals surface area contributed by atoms with Crippen molar-refractivity contribution in [2.45, 2.75) is 57.5 Å². The van der Waals surface area contributed by atoms with Crippen molar-refractivity contribution in [2.75, 3.05) is 31.1 Å². The molecule has 11 heteroatoms. The van der Waals surface area contributed by atoms with Crippen LogP contribution in [0.5, 0.6) is 11.5 Å². The molecule has 1 unspecified atom stereocenters. The average molecular weight is 675 g/mol. The number of nitrogens with zero attached hydrogens (tertiary/aromatic N) is 2. The van der Waals surface area contributed by atoms with Crippen molar-refractivity contribution >= 4 is 43.5 Å². The van der Waals surface area contributed by atoms with Crippen LogP contribution in [-0.2, 0) is 26.2 Å². The summed E-state index contributed by atoms with van der Waals surface area (Å²) in [6, 6.07) is 19.2. The van der Waals surface area contributed by atoms with Crippen LogP contribution in [0.15, 0.2) is 82.2 Å². The minimum atomic E-state index is -4.17. The predicted molar refractivity (Wildman–Crippen MR) is 172 cm³/mol. The van der Waals surface area contributed by atoms with E-state index in [1.807, 2.05) is 32.9 Å². The van der Waals surface area contributed by atoms with Crippen molar-refractivity contribution in [2.24, 2.45) is 0 Å². The van der Waals surface area contributed by atoms with Gasteiger partial charge in [0.15, 0.2) is 0 Å². The Balaban J connectivity index is 2.05. The molecule has 0 saturated heterocycles. The summed E-state index contributed by atoms with van der Waals surface area (Å²) in [5, 5.41) is 2.94. The molecule has 0 fully saturated rings. The van der Waals surface area contributed by atoms with E-state index >= 15 is 0 Å². The number of methoxy groups -OCH3 is 1. The van der Waals surface area contributed by atoms with Gasteiger partial charge in [0.2, 0.25) is 11.8 Å². The van der Waals surface area contributed by atoms with Gasteiger partial charge >= 0.3 is 0 Å². The Morgan fingerprint density at radius 3 is 2.26 bits per heavy atom. The van der Waals surface area contributed by atoms with E-state index in [9.17, 15) is 18.0 Å². The molecule has 0 spiro atoms. The Labute approximate surface area is 263 Å². The van der Waals surface area contributed by atoms with Crippen LogP contribution in [0.1, 0.15) is 45.6 Å². The molecule has 1 N–H and O–H groups in total. The molecule has 232 valence electrons. The van der Waals surface area contributed by atoms with E-state index < -0.39 is 28.5 Å². The highest BCUT2D eigenvalue weighted by Gasteiger charge is 2.33. The SMILES string of the molecule is CCCCNC(=O)C(CC)N(Cc1cccc(OC)c1)C(=O)CN(c1ccc(OCC)cc1)S(=O)(=O)c1ccc(Br)cc1. The van der Waals surface area contributed by atoms with Gasteiger partial charge in [0.1, 0.15) is 24.1 Å². The second-order valence-electron chi connectivity index (χ2n) is 9.83. The fourth-order valence-electron chi connectivity index (χ4n) is 4.53. The van der Waals surface area contributed by atoms with Crippen LogP contribution < -0.4 is 19.1 Å². The standard InChI is InChI=1S/C32H40BrN3O6S/c1-5-8-20-34-32(38)30(6-2)35(22-24-10-9-11-28(21-24)41-4)31(37)23-36(26-14-16-27(17-15-26)42-7-3)43(39,40)29-18-12-25(33)13-19-29/h9-19,21,30H,5-8,20,22-23H2,1-4H3,(H,34,38). The van der Waals surface area contributed by atoms with Crippen molar-refractivity contribution in [3.05, 3.63) is 82.8 Å². The van der Waals surface area contributed by atoms with Crippen LogP contribution >= 0.6 is 15.9 Å². The van der Waals surface area contributed by atoms with Gasteiger partial charge in [-0.25, -0.2) is 8.42 Å². The number of carbonyl (C=O) groups excluding carboxylic acids is 2. The number of amides is 2. The molecular weight excluding hydrogens is 634 g/mol. The molecule has 1 atom stereocenters. The fraction of sp³-hybridized carbons (Fsp3) is 0.375. The molecule has 43 heavy (non-hydrogen) atoms. The van der Waals surface area contributed by atoms with E-state index in [1.165, 1.54) is 17.0 Å². The minimum Gasteiger partial charge on any atom is -0.497 e. The summed E-state index contributed by atoms with van der Waals surface area (Å²) in [5.74, 6) is 0.387. The molecule has 0 aliphatic carbocycles. The second-order valence-corrected chi connectivity index (χ2v) is 12.6. The molecule has 9 nitrogen and oxygen atoms in total. The number of anilines is 1. The number of carbonyl (C=O) groups is 2. The highest BCUT2D eigenvalue weighted by molar-refractivity contribution is 9.10. The summed E-state index contributed by atoms with van der Waals surface area (Å²) in [7, 11) is -2.62. The number of nitrogens with one attached hydrogen (secondary N) is 1. The molecule has 0 radical (unpaired) electrons. The number of rotatable bonds is 16. The molecular formula is C32H40BrN3O6S. The Hall–Kier alpha value is -3.57. The molecule has 0 saturated carbocycles. The first-order valence-electron chi connectivity index (χ1n) is 14.4. The topological polar surface area (TPSA) is 105 Å². The van der Waals surface area contributed by atoms with Crippen LogP contribution in [0, 0.1) is 0 Å². The fourth-order valence-corrected chi connectivity index (χ4v) is 6.21. The van der Waals surface area contributed by atoms with Crippen molar-refractivity contribution in [3.8, 4) is 11.5 Å². The first-order valence-corrected chi connectivity index (χ1v) is 16.6. The summed E-state index contributed by atoms with van der Waals surface area (Å²) in [6.45, 7) is 6.23. The third-order valence-corrected chi connectivity index (χ3v) is 9.14. The monoisotopic (exact) mass is 673 g/mol. The van der Waals surface area contributed by atoms with Crippen LogP contribution in [0.2, 0.25) is 0 Å². The van der Waals surface area contributed by atoms with E-state index in [4.69, 9.17) is 9.47 Å². The van der Waals surface area contributed by atoms with E-state index in [-0.39, 0.29) is 17.3 Å². The molecule has 3 rings (SSSR count). The van der Waals surface area contributed by atoms with Crippen LogP contribution in [0.25, 0.3) is 0 Å². The third-order valence-electron chi connectivity index (χ3n) is 6.82. The lowest BCUT2D eigenvalue weighted by molar-refractivity contribution is -0.140. The number of hydrogen-bond acceptors (Lipinski definition) is 6. The number of halogens is 1. The first kappa shape index (κ1) is 33.9. The van der Waals surface area contributed by atoms with Gasteiger partial charge < -0.3 is 19.7 Å². The van der Waals surface area contributed by atoms with Gasteiger partial charge in [-0.15, -0.1) is 0 Å². The van der Waals surface area contributed by atoms with Crippen molar-refractivity contribution in [3.63, 3.8) is 0 Å². The van der Waals surface area contributed by atoms with Gasteiger partial charge in [-0.1, -0.05) is 48.3 Å². The first-order chi connectivity index (χ1) is 20.6. The highest BCUT2D eigenvalue weighted by atomic mass is 79.9. The van der Waals surface area contributed by atoms with E-state index in [0.717, 1.165) is 27.2 Å². The van der Waals surface area contributed by atoms with Crippen LogP contribution in [0.4, 0.5) is 5.69 Å². The summed E-state index contributed by atoms with van der Waals surface area (Å²) in [4.78, 5) is 29.0. The molecule has 3 aromatic carbocycles.